The average molecular weight is 469 g/mol. The fraction of sp³-hybridized carbons (Fsp3) is 0.200. The van der Waals surface area contributed by atoms with Crippen LogP contribution in [-0.4, -0.2) is 11.0 Å². The molecule has 0 saturated carbocycles. The number of para-hydroxylation sites is 2. The van der Waals surface area contributed by atoms with E-state index in [-0.39, 0.29) is 11.0 Å². The molecule has 5 rings (SSSR count). The SMILES string of the molecule is CC1Oc2cccc(-c3c(Oc4ccccc4)cccc3Oc3ccccc3)c2P1C(C)(C)C. The van der Waals surface area contributed by atoms with Crippen molar-refractivity contribution in [3.05, 3.63) is 97.1 Å². The van der Waals surface area contributed by atoms with Gasteiger partial charge >= 0.3 is 0 Å². The Bertz CT molecular complexity index is 1220. The summed E-state index contributed by atoms with van der Waals surface area (Å²) in [6, 6.07) is 32.1. The fourth-order valence-corrected chi connectivity index (χ4v) is 7.70. The van der Waals surface area contributed by atoms with Crippen LogP contribution in [0.15, 0.2) is 97.1 Å². The smallest absolute Gasteiger partial charge is 0.139 e. The van der Waals surface area contributed by atoms with Gasteiger partial charge in [0.15, 0.2) is 0 Å². The molecule has 3 nitrogen and oxygen atoms in total. The molecule has 0 radical (unpaired) electrons. The number of benzene rings is 4. The van der Waals surface area contributed by atoms with E-state index in [0.717, 1.165) is 39.9 Å². The molecular formula is C30H29O3P. The zero-order valence-electron chi connectivity index (χ0n) is 20.0. The summed E-state index contributed by atoms with van der Waals surface area (Å²) < 4.78 is 19.2. The van der Waals surface area contributed by atoms with Crippen molar-refractivity contribution in [2.24, 2.45) is 0 Å². The predicted molar refractivity (Wildman–Crippen MR) is 141 cm³/mol. The van der Waals surface area contributed by atoms with Crippen molar-refractivity contribution >= 4 is 13.2 Å². The van der Waals surface area contributed by atoms with Crippen LogP contribution in [0, 0.1) is 0 Å². The zero-order valence-corrected chi connectivity index (χ0v) is 20.9. The molecule has 172 valence electrons. The molecule has 0 amide bonds. The quantitative estimate of drug-likeness (QED) is 0.275. The van der Waals surface area contributed by atoms with E-state index in [4.69, 9.17) is 14.2 Å². The number of hydrogen-bond donors (Lipinski definition) is 0. The van der Waals surface area contributed by atoms with Gasteiger partial charge < -0.3 is 14.2 Å². The minimum atomic E-state index is -0.584. The van der Waals surface area contributed by atoms with Gasteiger partial charge in [-0.1, -0.05) is 75.4 Å². The maximum Gasteiger partial charge on any atom is 0.139 e. The number of hydrogen-bond acceptors (Lipinski definition) is 3. The standard InChI is InChI=1S/C30H29O3P/c1-21-31-27-20-11-17-24(29(27)34(21)30(2,3)4)28-25(32-22-13-7-5-8-14-22)18-12-19-26(28)33-23-15-9-6-10-16-23/h5-21H,1-4H3. The second-order valence-electron chi connectivity index (χ2n) is 9.37. The van der Waals surface area contributed by atoms with Crippen molar-refractivity contribution in [2.45, 2.75) is 38.7 Å². The lowest BCUT2D eigenvalue weighted by Gasteiger charge is -2.31. The minimum Gasteiger partial charge on any atom is -0.485 e. The highest BCUT2D eigenvalue weighted by Gasteiger charge is 2.41. The van der Waals surface area contributed by atoms with Crippen molar-refractivity contribution in [3.8, 4) is 39.9 Å². The third kappa shape index (κ3) is 4.41. The molecule has 2 unspecified atom stereocenters. The van der Waals surface area contributed by atoms with Gasteiger partial charge in [-0.05, 0) is 62.5 Å². The van der Waals surface area contributed by atoms with Gasteiger partial charge in [-0.2, -0.15) is 0 Å². The molecule has 4 heteroatoms. The van der Waals surface area contributed by atoms with Crippen LogP contribution in [0.1, 0.15) is 27.7 Å². The van der Waals surface area contributed by atoms with Gasteiger partial charge in [0.2, 0.25) is 0 Å². The highest BCUT2D eigenvalue weighted by Crippen LogP contribution is 2.60. The first-order valence-electron chi connectivity index (χ1n) is 11.6. The first-order chi connectivity index (χ1) is 16.4. The second kappa shape index (κ2) is 9.16. The molecule has 0 saturated heterocycles. The molecule has 34 heavy (non-hydrogen) atoms. The lowest BCUT2D eigenvalue weighted by Crippen LogP contribution is -2.23. The molecule has 0 fully saturated rings. The number of rotatable bonds is 5. The molecule has 1 aliphatic heterocycles. The maximum absolute atomic E-state index is 6.44. The summed E-state index contributed by atoms with van der Waals surface area (Å²) in [5.74, 6) is 4.21. The molecule has 1 heterocycles. The normalized spacial score (nSPS) is 17.1. The van der Waals surface area contributed by atoms with Crippen molar-refractivity contribution in [2.75, 3.05) is 0 Å². The van der Waals surface area contributed by atoms with Crippen LogP contribution in [0.3, 0.4) is 0 Å². The minimum absolute atomic E-state index is 0.0891. The summed E-state index contributed by atoms with van der Waals surface area (Å²) in [6.45, 7) is 9.10. The van der Waals surface area contributed by atoms with Crippen molar-refractivity contribution < 1.29 is 14.2 Å². The van der Waals surface area contributed by atoms with Crippen molar-refractivity contribution in [1.29, 1.82) is 0 Å². The monoisotopic (exact) mass is 468 g/mol. The van der Waals surface area contributed by atoms with Gasteiger partial charge in [0.1, 0.15) is 34.6 Å². The van der Waals surface area contributed by atoms with Crippen LogP contribution in [0.25, 0.3) is 11.1 Å². The topological polar surface area (TPSA) is 27.7 Å². The van der Waals surface area contributed by atoms with Crippen molar-refractivity contribution in [3.63, 3.8) is 0 Å². The Balaban J connectivity index is 1.71. The van der Waals surface area contributed by atoms with Gasteiger partial charge in [0.25, 0.3) is 0 Å². The van der Waals surface area contributed by atoms with Crippen LogP contribution in [-0.2, 0) is 0 Å². The first-order valence-corrected chi connectivity index (χ1v) is 13.0. The van der Waals surface area contributed by atoms with Gasteiger partial charge in [0, 0.05) is 10.9 Å². The molecule has 0 spiro atoms. The number of ether oxygens (including phenoxy) is 3. The molecule has 0 bridgehead atoms. The molecule has 0 N–H and O–H groups in total. The van der Waals surface area contributed by atoms with E-state index in [2.05, 4.69) is 45.9 Å². The van der Waals surface area contributed by atoms with Crippen LogP contribution in [0.2, 0.25) is 0 Å². The Labute approximate surface area is 203 Å². The average Bonchev–Trinajstić information content (AvgIpc) is 3.17. The molecule has 4 aromatic carbocycles. The Morgan fingerprint density at radius 3 is 1.74 bits per heavy atom. The van der Waals surface area contributed by atoms with Crippen LogP contribution >= 0.6 is 7.92 Å². The maximum atomic E-state index is 6.44. The van der Waals surface area contributed by atoms with Crippen LogP contribution < -0.4 is 19.5 Å². The third-order valence-corrected chi connectivity index (χ3v) is 9.04. The Morgan fingerprint density at radius 1 is 0.676 bits per heavy atom. The van der Waals surface area contributed by atoms with E-state index in [1.54, 1.807) is 0 Å². The van der Waals surface area contributed by atoms with Gasteiger partial charge in [-0.3, -0.25) is 0 Å². The number of fused-ring (bicyclic) bond motifs is 1. The van der Waals surface area contributed by atoms with E-state index in [1.165, 1.54) is 5.30 Å². The van der Waals surface area contributed by atoms with Crippen molar-refractivity contribution in [1.82, 2.24) is 0 Å². The molecule has 0 aliphatic carbocycles. The van der Waals surface area contributed by atoms with E-state index in [1.807, 2.05) is 78.9 Å². The molecule has 0 aromatic heterocycles. The zero-order chi connectivity index (χ0) is 23.7. The van der Waals surface area contributed by atoms with E-state index in [9.17, 15) is 0 Å². The van der Waals surface area contributed by atoms with Gasteiger partial charge in [-0.25, -0.2) is 0 Å². The Morgan fingerprint density at radius 2 is 1.21 bits per heavy atom. The second-order valence-corrected chi connectivity index (χ2v) is 12.6. The molecule has 1 aliphatic rings. The lowest BCUT2D eigenvalue weighted by atomic mass is 10.0. The molecule has 2 atom stereocenters. The fourth-order valence-electron chi connectivity index (χ4n) is 4.54. The van der Waals surface area contributed by atoms with Crippen LogP contribution in [0.5, 0.6) is 28.7 Å². The summed E-state index contributed by atoms with van der Waals surface area (Å²) in [5.41, 5.74) is 2.06. The first kappa shape index (κ1) is 22.5. The Kier molecular flexibility index (Phi) is 6.06. The summed E-state index contributed by atoms with van der Waals surface area (Å²) in [6.07, 6.45) is 0. The van der Waals surface area contributed by atoms with E-state index < -0.39 is 7.92 Å². The summed E-state index contributed by atoms with van der Waals surface area (Å²) in [7, 11) is -0.584. The molecule has 4 aromatic rings. The van der Waals surface area contributed by atoms with E-state index >= 15 is 0 Å². The van der Waals surface area contributed by atoms with Gasteiger partial charge in [-0.15, -0.1) is 0 Å². The largest absolute Gasteiger partial charge is 0.485 e. The van der Waals surface area contributed by atoms with Crippen LogP contribution in [0.4, 0.5) is 0 Å². The van der Waals surface area contributed by atoms with E-state index in [0.29, 0.717) is 0 Å². The molecular weight excluding hydrogens is 439 g/mol. The Hall–Kier alpha value is -3.29. The van der Waals surface area contributed by atoms with Gasteiger partial charge in [0.05, 0.1) is 5.56 Å². The third-order valence-electron chi connectivity index (χ3n) is 5.82. The summed E-state index contributed by atoms with van der Waals surface area (Å²) in [4.78, 5) is 0. The predicted octanol–water partition coefficient (Wildman–Crippen LogP) is 8.58. The lowest BCUT2D eigenvalue weighted by molar-refractivity contribution is 0.313. The highest BCUT2D eigenvalue weighted by molar-refractivity contribution is 7.68. The highest BCUT2D eigenvalue weighted by atomic mass is 31.1. The summed E-state index contributed by atoms with van der Waals surface area (Å²) >= 11 is 0. The summed E-state index contributed by atoms with van der Waals surface area (Å²) in [5, 5.41) is 1.37.